The number of carbonyl (C=O) groups excluding carboxylic acids is 2. The highest BCUT2D eigenvalue weighted by Crippen LogP contribution is 2.27. The molecule has 0 aromatic heterocycles. The van der Waals surface area contributed by atoms with E-state index in [1.165, 1.54) is 4.31 Å². The molecule has 2 amide bonds. The van der Waals surface area contributed by atoms with Gasteiger partial charge in [-0.2, -0.15) is 0 Å². The molecule has 1 atom stereocenters. The van der Waals surface area contributed by atoms with E-state index in [1.807, 2.05) is 75.4 Å². The van der Waals surface area contributed by atoms with E-state index in [0.29, 0.717) is 23.7 Å². The highest BCUT2D eigenvalue weighted by molar-refractivity contribution is 9.10. The van der Waals surface area contributed by atoms with Crippen LogP contribution in [0.25, 0.3) is 0 Å². The number of hydrogen-bond acceptors (Lipinski definition) is 4. The molecule has 3 aromatic rings. The zero-order valence-corrected chi connectivity index (χ0v) is 27.7. The van der Waals surface area contributed by atoms with E-state index in [4.69, 9.17) is 11.6 Å². The fourth-order valence-electron chi connectivity index (χ4n) is 4.64. The van der Waals surface area contributed by atoms with E-state index >= 15 is 0 Å². The van der Waals surface area contributed by atoms with Crippen molar-refractivity contribution in [3.8, 4) is 0 Å². The van der Waals surface area contributed by atoms with Crippen LogP contribution in [0, 0.1) is 12.8 Å². The van der Waals surface area contributed by atoms with E-state index < -0.39 is 16.1 Å². The molecule has 0 fully saturated rings. The second-order valence-corrected chi connectivity index (χ2v) is 14.1. The summed E-state index contributed by atoms with van der Waals surface area (Å²) in [6, 6.07) is 21.6. The summed E-state index contributed by atoms with van der Waals surface area (Å²) < 4.78 is 27.6. The predicted octanol–water partition coefficient (Wildman–Crippen LogP) is 6.37. The van der Waals surface area contributed by atoms with Gasteiger partial charge in [-0.1, -0.05) is 89.9 Å². The summed E-state index contributed by atoms with van der Waals surface area (Å²) >= 11 is 9.68. The third kappa shape index (κ3) is 10.1. The van der Waals surface area contributed by atoms with Gasteiger partial charge in [-0.25, -0.2) is 8.42 Å². The van der Waals surface area contributed by atoms with Crippen molar-refractivity contribution in [2.45, 2.75) is 52.6 Å². The van der Waals surface area contributed by atoms with Crippen molar-refractivity contribution in [3.05, 3.63) is 99.0 Å². The Morgan fingerprint density at radius 3 is 2.31 bits per heavy atom. The molecule has 10 heteroatoms. The molecule has 0 radical (unpaired) electrons. The Balaban J connectivity index is 1.90. The van der Waals surface area contributed by atoms with Gasteiger partial charge in [-0.3, -0.25) is 13.9 Å². The van der Waals surface area contributed by atoms with Crippen LogP contribution >= 0.6 is 27.5 Å². The number of rotatable bonds is 14. The van der Waals surface area contributed by atoms with E-state index in [2.05, 4.69) is 21.2 Å². The van der Waals surface area contributed by atoms with Crippen LogP contribution in [-0.4, -0.2) is 50.5 Å². The molecule has 0 saturated heterocycles. The monoisotopic (exact) mass is 675 g/mol. The molecular weight excluding hydrogens is 638 g/mol. The lowest BCUT2D eigenvalue weighted by Gasteiger charge is -2.32. The molecule has 1 N–H and O–H groups in total. The van der Waals surface area contributed by atoms with Crippen molar-refractivity contribution < 1.29 is 18.0 Å². The van der Waals surface area contributed by atoms with Crippen LogP contribution < -0.4 is 9.62 Å². The minimum atomic E-state index is -3.63. The number of halogens is 2. The molecule has 7 nitrogen and oxygen atoms in total. The number of aryl methyl sites for hydroxylation is 1. The number of carbonyl (C=O) groups is 2. The van der Waals surface area contributed by atoms with Crippen molar-refractivity contribution in [2.24, 2.45) is 5.92 Å². The highest BCUT2D eigenvalue weighted by atomic mass is 79.9. The van der Waals surface area contributed by atoms with Crippen molar-refractivity contribution in [1.82, 2.24) is 10.2 Å². The fourth-order valence-corrected chi connectivity index (χ4v) is 6.27. The van der Waals surface area contributed by atoms with Gasteiger partial charge in [0.1, 0.15) is 6.04 Å². The lowest BCUT2D eigenvalue weighted by Crippen LogP contribution is -2.51. The van der Waals surface area contributed by atoms with Crippen molar-refractivity contribution in [1.29, 1.82) is 0 Å². The average molecular weight is 677 g/mol. The summed E-state index contributed by atoms with van der Waals surface area (Å²) in [5.41, 5.74) is 3.06. The van der Waals surface area contributed by atoms with Crippen LogP contribution in [0.5, 0.6) is 0 Å². The molecular formula is C32H39BrClN3O4S. The molecule has 3 aromatic carbocycles. The van der Waals surface area contributed by atoms with Crippen LogP contribution in [0.4, 0.5) is 5.69 Å². The first-order valence-corrected chi connectivity index (χ1v) is 17.0. The van der Waals surface area contributed by atoms with Gasteiger partial charge in [-0.05, 0) is 60.2 Å². The molecule has 0 spiro atoms. The maximum atomic E-state index is 13.9. The number of benzene rings is 3. The topological polar surface area (TPSA) is 86.8 Å². The van der Waals surface area contributed by atoms with Gasteiger partial charge >= 0.3 is 0 Å². The first-order valence-electron chi connectivity index (χ1n) is 13.9. The Kier molecular flexibility index (Phi) is 12.4. The molecule has 0 aliphatic heterocycles. The van der Waals surface area contributed by atoms with Crippen LogP contribution in [0.2, 0.25) is 5.02 Å². The van der Waals surface area contributed by atoms with Gasteiger partial charge in [0, 0.05) is 42.0 Å². The summed E-state index contributed by atoms with van der Waals surface area (Å²) in [6.45, 7) is 6.68. The maximum Gasteiger partial charge on any atom is 0.243 e. The molecule has 0 aliphatic carbocycles. The van der Waals surface area contributed by atoms with Crippen LogP contribution in [0.1, 0.15) is 43.4 Å². The Morgan fingerprint density at radius 2 is 1.67 bits per heavy atom. The second kappa shape index (κ2) is 15.5. The number of nitrogens with one attached hydrogen (secondary N) is 1. The predicted molar refractivity (Wildman–Crippen MR) is 174 cm³/mol. The quantitative estimate of drug-likeness (QED) is 0.215. The molecule has 0 aliphatic rings. The number of nitrogens with zero attached hydrogens (tertiary/aromatic N) is 2. The normalized spacial score (nSPS) is 12.2. The average Bonchev–Trinajstić information content (AvgIpc) is 2.93. The number of sulfonamides is 1. The summed E-state index contributed by atoms with van der Waals surface area (Å²) in [5, 5.41) is 3.45. The minimum absolute atomic E-state index is 0.0579. The molecule has 1 unspecified atom stereocenters. The highest BCUT2D eigenvalue weighted by Gasteiger charge is 2.30. The Labute approximate surface area is 263 Å². The number of anilines is 1. The van der Waals surface area contributed by atoms with Gasteiger partial charge in [0.05, 0.1) is 11.9 Å². The minimum Gasteiger partial charge on any atom is -0.354 e. The zero-order valence-electron chi connectivity index (χ0n) is 24.5. The lowest BCUT2D eigenvalue weighted by molar-refractivity contribution is -0.141. The van der Waals surface area contributed by atoms with Crippen molar-refractivity contribution in [3.63, 3.8) is 0 Å². The van der Waals surface area contributed by atoms with Gasteiger partial charge in [0.15, 0.2) is 0 Å². The smallest absolute Gasteiger partial charge is 0.243 e. The summed E-state index contributed by atoms with van der Waals surface area (Å²) in [4.78, 5) is 29.2. The van der Waals surface area contributed by atoms with Crippen LogP contribution in [0.15, 0.2) is 77.3 Å². The van der Waals surface area contributed by atoms with Crippen LogP contribution in [-0.2, 0) is 32.6 Å². The summed E-state index contributed by atoms with van der Waals surface area (Å²) in [7, 11) is -3.63. The Bertz CT molecular complexity index is 1470. The zero-order chi connectivity index (χ0) is 30.9. The first kappa shape index (κ1) is 33.6. The third-order valence-electron chi connectivity index (χ3n) is 6.79. The largest absolute Gasteiger partial charge is 0.354 e. The van der Waals surface area contributed by atoms with Gasteiger partial charge in [-0.15, -0.1) is 0 Å². The van der Waals surface area contributed by atoms with Crippen LogP contribution in [0.3, 0.4) is 0 Å². The van der Waals surface area contributed by atoms with Gasteiger partial charge in [0.2, 0.25) is 21.8 Å². The summed E-state index contributed by atoms with van der Waals surface area (Å²) in [6.07, 6.45) is 1.81. The van der Waals surface area contributed by atoms with E-state index in [1.54, 1.807) is 23.1 Å². The third-order valence-corrected chi connectivity index (χ3v) is 8.70. The fraction of sp³-hybridized carbons (Fsp3) is 0.375. The van der Waals surface area contributed by atoms with Crippen molar-refractivity contribution >= 4 is 55.1 Å². The molecule has 0 saturated carbocycles. The van der Waals surface area contributed by atoms with Gasteiger partial charge < -0.3 is 10.2 Å². The molecule has 3 rings (SSSR count). The first-order chi connectivity index (χ1) is 19.8. The van der Waals surface area contributed by atoms with Crippen molar-refractivity contribution in [2.75, 3.05) is 23.7 Å². The standard InChI is InChI=1S/C32H39BrClN3O4S/c1-23(2)21-35-32(39)30(19-25-10-6-5-7-11-25)36(22-26-12-8-13-27(33)18-26)31(38)14-9-17-37(42(4,40)41)29-20-28(34)16-15-24(29)3/h5-8,10-13,15-16,18,20,23,30H,9,14,17,19,21-22H2,1-4H3,(H,35,39). The lowest BCUT2D eigenvalue weighted by atomic mass is 10.0. The van der Waals surface area contributed by atoms with E-state index in [0.717, 1.165) is 27.4 Å². The molecule has 42 heavy (non-hydrogen) atoms. The number of hydrogen-bond donors (Lipinski definition) is 1. The maximum absolute atomic E-state index is 13.9. The van der Waals surface area contributed by atoms with E-state index in [9.17, 15) is 18.0 Å². The van der Waals surface area contributed by atoms with E-state index in [-0.39, 0.29) is 43.7 Å². The van der Waals surface area contributed by atoms with Gasteiger partial charge in [0.25, 0.3) is 0 Å². The summed E-state index contributed by atoms with van der Waals surface area (Å²) in [5.74, 6) is -0.201. The second-order valence-electron chi connectivity index (χ2n) is 10.9. The Hall–Kier alpha value is -2.88. The molecule has 0 bridgehead atoms. The number of amides is 2. The molecule has 0 heterocycles. The Morgan fingerprint density at radius 1 is 0.976 bits per heavy atom. The SMILES string of the molecule is Cc1ccc(Cl)cc1N(CCCC(=O)N(Cc1cccc(Br)c1)C(Cc1ccccc1)C(=O)NCC(C)C)S(C)(=O)=O. The molecule has 226 valence electrons.